The van der Waals surface area contributed by atoms with Crippen LogP contribution in [-0.4, -0.2) is 12.1 Å². The van der Waals surface area contributed by atoms with Gasteiger partial charge in [0, 0.05) is 15.0 Å². The van der Waals surface area contributed by atoms with Gasteiger partial charge in [0.05, 0.1) is 0 Å². The molecule has 0 saturated heterocycles. The Morgan fingerprint density at radius 2 is 2.00 bits per heavy atom. The molecule has 0 aromatic heterocycles. The second-order valence-corrected chi connectivity index (χ2v) is 5.95. The molecule has 0 amide bonds. The Labute approximate surface area is 105 Å². The van der Waals surface area contributed by atoms with E-state index in [1.54, 1.807) is 0 Å². The van der Waals surface area contributed by atoms with Gasteiger partial charge in [-0.25, -0.2) is 0 Å². The Hall–Kier alpha value is -0.0500. The van der Waals surface area contributed by atoms with Crippen LogP contribution in [0.15, 0.2) is 22.7 Å². The first-order valence-electron chi connectivity index (χ1n) is 5.07. The molecule has 0 unspecified atom stereocenters. The highest BCUT2D eigenvalue weighted by molar-refractivity contribution is 9.10. The average Bonchev–Trinajstić information content (AvgIpc) is 2.07. The summed E-state index contributed by atoms with van der Waals surface area (Å²) in [5.74, 6) is 0. The molecule has 0 atom stereocenters. The molecule has 3 heteroatoms. The molecule has 0 radical (unpaired) electrons. The summed E-state index contributed by atoms with van der Waals surface area (Å²) in [6.45, 7) is 7.49. The number of rotatable bonds is 3. The van der Waals surface area contributed by atoms with Gasteiger partial charge >= 0.3 is 0 Å². The molecule has 0 aliphatic rings. The monoisotopic (exact) mass is 289 g/mol. The number of hydrogen-bond donors (Lipinski definition) is 1. The van der Waals surface area contributed by atoms with E-state index in [-0.39, 0.29) is 5.54 Å². The normalized spacial score (nSPS) is 11.8. The fourth-order valence-corrected chi connectivity index (χ4v) is 2.18. The summed E-state index contributed by atoms with van der Waals surface area (Å²) in [6.07, 6.45) is 1.01. The van der Waals surface area contributed by atoms with Crippen LogP contribution in [0.5, 0.6) is 0 Å². The molecule has 84 valence electrons. The van der Waals surface area contributed by atoms with Crippen LogP contribution in [0.3, 0.4) is 0 Å². The van der Waals surface area contributed by atoms with Crippen molar-refractivity contribution in [2.24, 2.45) is 0 Å². The van der Waals surface area contributed by atoms with E-state index in [0.29, 0.717) is 0 Å². The highest BCUT2D eigenvalue weighted by atomic mass is 79.9. The lowest BCUT2D eigenvalue weighted by Crippen LogP contribution is -2.37. The third-order valence-electron chi connectivity index (χ3n) is 2.06. The minimum atomic E-state index is 0.179. The Morgan fingerprint density at radius 1 is 1.33 bits per heavy atom. The summed E-state index contributed by atoms with van der Waals surface area (Å²) in [6, 6.07) is 5.93. The zero-order chi connectivity index (χ0) is 11.5. The quantitative estimate of drug-likeness (QED) is 0.886. The van der Waals surface area contributed by atoms with Crippen molar-refractivity contribution in [3.8, 4) is 0 Å². The summed E-state index contributed by atoms with van der Waals surface area (Å²) in [4.78, 5) is 0. The predicted molar refractivity (Wildman–Crippen MR) is 70.6 cm³/mol. The average molecular weight is 291 g/mol. The Morgan fingerprint density at radius 3 is 2.53 bits per heavy atom. The number of nitrogens with one attached hydrogen (secondary N) is 1. The largest absolute Gasteiger partial charge is 0.312 e. The van der Waals surface area contributed by atoms with Crippen molar-refractivity contribution in [1.29, 1.82) is 0 Å². The zero-order valence-electron chi connectivity index (χ0n) is 9.40. The van der Waals surface area contributed by atoms with Gasteiger partial charge in [0.25, 0.3) is 0 Å². The van der Waals surface area contributed by atoms with Crippen LogP contribution in [0.2, 0.25) is 5.02 Å². The van der Waals surface area contributed by atoms with Gasteiger partial charge < -0.3 is 5.32 Å². The van der Waals surface area contributed by atoms with Gasteiger partial charge in [0.15, 0.2) is 0 Å². The molecular weight excluding hydrogens is 273 g/mol. The fraction of sp³-hybridized carbons (Fsp3) is 0.500. The van der Waals surface area contributed by atoms with Gasteiger partial charge in [0.2, 0.25) is 0 Å². The van der Waals surface area contributed by atoms with E-state index in [9.17, 15) is 0 Å². The topological polar surface area (TPSA) is 12.0 Å². The maximum absolute atomic E-state index is 5.88. The molecule has 0 saturated carbocycles. The summed E-state index contributed by atoms with van der Waals surface area (Å²) >= 11 is 9.39. The molecule has 0 fully saturated rings. The molecule has 0 bridgehead atoms. The summed E-state index contributed by atoms with van der Waals surface area (Å²) in [5, 5.41) is 4.23. The van der Waals surface area contributed by atoms with Crippen LogP contribution >= 0.6 is 27.5 Å². The Bertz CT molecular complexity index is 331. The van der Waals surface area contributed by atoms with Crippen LogP contribution in [0, 0.1) is 0 Å². The van der Waals surface area contributed by atoms with Gasteiger partial charge in [-0.15, -0.1) is 0 Å². The minimum Gasteiger partial charge on any atom is -0.312 e. The van der Waals surface area contributed by atoms with E-state index < -0.39 is 0 Å². The lowest BCUT2D eigenvalue weighted by atomic mass is 10.1. The van der Waals surface area contributed by atoms with Gasteiger partial charge in [-0.1, -0.05) is 33.6 Å². The molecule has 1 aromatic carbocycles. The summed E-state index contributed by atoms with van der Waals surface area (Å²) < 4.78 is 1.09. The van der Waals surface area contributed by atoms with Crippen molar-refractivity contribution in [2.45, 2.75) is 32.7 Å². The van der Waals surface area contributed by atoms with E-state index in [1.807, 2.05) is 12.1 Å². The van der Waals surface area contributed by atoms with E-state index in [0.717, 1.165) is 22.5 Å². The molecule has 0 aliphatic heterocycles. The highest BCUT2D eigenvalue weighted by Gasteiger charge is 2.08. The molecular formula is C12H17BrClN. The van der Waals surface area contributed by atoms with Crippen LogP contribution < -0.4 is 5.32 Å². The van der Waals surface area contributed by atoms with Crippen molar-refractivity contribution in [3.63, 3.8) is 0 Å². The molecule has 1 nitrogen and oxygen atoms in total. The standard InChI is InChI=1S/C12H17BrClN/c1-12(2,3)15-7-6-9-4-5-10(14)8-11(9)13/h4-5,8,15H,6-7H2,1-3H3. The van der Waals surface area contributed by atoms with Gasteiger partial charge in [-0.3, -0.25) is 0 Å². The second-order valence-electron chi connectivity index (χ2n) is 4.66. The smallest absolute Gasteiger partial charge is 0.0417 e. The van der Waals surface area contributed by atoms with Crippen molar-refractivity contribution in [1.82, 2.24) is 5.32 Å². The third kappa shape index (κ3) is 5.01. The Kier molecular flexibility index (Phi) is 4.63. The molecule has 0 aliphatic carbocycles. The van der Waals surface area contributed by atoms with Crippen LogP contribution in [0.4, 0.5) is 0 Å². The lowest BCUT2D eigenvalue weighted by Gasteiger charge is -2.20. The number of benzene rings is 1. The maximum Gasteiger partial charge on any atom is 0.0417 e. The lowest BCUT2D eigenvalue weighted by molar-refractivity contribution is 0.429. The highest BCUT2D eigenvalue weighted by Crippen LogP contribution is 2.21. The molecule has 15 heavy (non-hydrogen) atoms. The van der Waals surface area contributed by atoms with Crippen molar-refractivity contribution < 1.29 is 0 Å². The van der Waals surface area contributed by atoms with Crippen LogP contribution in [0.25, 0.3) is 0 Å². The Balaban J connectivity index is 2.51. The first-order chi connectivity index (χ1) is 6.88. The summed E-state index contributed by atoms with van der Waals surface area (Å²) in [5.41, 5.74) is 1.47. The molecule has 1 aromatic rings. The molecule has 1 rings (SSSR count). The fourth-order valence-electron chi connectivity index (χ4n) is 1.30. The number of hydrogen-bond acceptors (Lipinski definition) is 1. The third-order valence-corrected chi connectivity index (χ3v) is 3.04. The summed E-state index contributed by atoms with van der Waals surface area (Å²) in [7, 11) is 0. The van der Waals surface area contributed by atoms with Gasteiger partial charge in [-0.05, 0) is 51.4 Å². The maximum atomic E-state index is 5.88. The van der Waals surface area contributed by atoms with Crippen LogP contribution in [0.1, 0.15) is 26.3 Å². The molecule has 1 N–H and O–H groups in total. The second kappa shape index (κ2) is 5.33. The molecule has 0 heterocycles. The first kappa shape index (κ1) is 13.0. The SMILES string of the molecule is CC(C)(C)NCCc1ccc(Cl)cc1Br. The van der Waals surface area contributed by atoms with Gasteiger partial charge in [-0.2, -0.15) is 0 Å². The molecule has 0 spiro atoms. The van der Waals surface area contributed by atoms with Gasteiger partial charge in [0.1, 0.15) is 0 Å². The van der Waals surface area contributed by atoms with E-state index >= 15 is 0 Å². The van der Waals surface area contributed by atoms with E-state index in [1.165, 1.54) is 5.56 Å². The predicted octanol–water partition coefficient (Wildman–Crippen LogP) is 4.03. The first-order valence-corrected chi connectivity index (χ1v) is 6.24. The van der Waals surface area contributed by atoms with E-state index in [4.69, 9.17) is 11.6 Å². The van der Waals surface area contributed by atoms with E-state index in [2.05, 4.69) is 48.1 Å². The van der Waals surface area contributed by atoms with Crippen molar-refractivity contribution in [3.05, 3.63) is 33.3 Å². The van der Waals surface area contributed by atoms with Crippen molar-refractivity contribution >= 4 is 27.5 Å². The zero-order valence-corrected chi connectivity index (χ0v) is 11.7. The number of halogens is 2. The van der Waals surface area contributed by atoms with Crippen LogP contribution in [-0.2, 0) is 6.42 Å². The minimum absolute atomic E-state index is 0.179. The van der Waals surface area contributed by atoms with Crippen molar-refractivity contribution in [2.75, 3.05) is 6.54 Å².